The summed E-state index contributed by atoms with van der Waals surface area (Å²) in [6.45, 7) is 4.08. The Morgan fingerprint density at radius 1 is 1.41 bits per heavy atom. The molecule has 2 aromatic heterocycles. The first kappa shape index (κ1) is 14.6. The van der Waals surface area contributed by atoms with Crippen LogP contribution in [0.5, 0.6) is 0 Å². The molecule has 0 radical (unpaired) electrons. The monoisotopic (exact) mass is 300 g/mol. The third kappa shape index (κ3) is 2.82. The van der Waals surface area contributed by atoms with Crippen molar-refractivity contribution in [1.29, 1.82) is 0 Å². The summed E-state index contributed by atoms with van der Waals surface area (Å²) in [5.74, 6) is 0.796. The van der Waals surface area contributed by atoms with Crippen LogP contribution in [0.1, 0.15) is 6.92 Å². The molecule has 116 valence electrons. The zero-order valence-corrected chi connectivity index (χ0v) is 12.8. The summed E-state index contributed by atoms with van der Waals surface area (Å²) in [6, 6.07) is 6.02. The van der Waals surface area contributed by atoms with Crippen LogP contribution >= 0.6 is 0 Å². The first-order valence-corrected chi connectivity index (χ1v) is 7.40. The normalized spacial score (nSPS) is 18.3. The zero-order valence-electron chi connectivity index (χ0n) is 12.8. The van der Waals surface area contributed by atoms with Gasteiger partial charge >= 0.3 is 0 Å². The number of pyridine rings is 2. The van der Waals surface area contributed by atoms with E-state index in [1.807, 2.05) is 25.2 Å². The highest BCUT2D eigenvalue weighted by Crippen LogP contribution is 2.24. The predicted molar refractivity (Wildman–Crippen MR) is 87.5 cm³/mol. The molecule has 1 atom stereocenters. The van der Waals surface area contributed by atoms with Crippen molar-refractivity contribution < 1.29 is 4.74 Å². The minimum atomic E-state index is -0.0691. The molecular weight excluding hydrogens is 280 g/mol. The molecule has 3 heterocycles. The van der Waals surface area contributed by atoms with E-state index in [1.165, 1.54) is 0 Å². The van der Waals surface area contributed by atoms with Crippen molar-refractivity contribution in [3.05, 3.63) is 40.9 Å². The first-order valence-electron chi connectivity index (χ1n) is 7.40. The molecule has 1 aliphatic rings. The van der Waals surface area contributed by atoms with Crippen molar-refractivity contribution >= 4 is 11.5 Å². The van der Waals surface area contributed by atoms with Crippen molar-refractivity contribution in [2.45, 2.75) is 13.0 Å². The van der Waals surface area contributed by atoms with E-state index in [-0.39, 0.29) is 11.6 Å². The molecule has 1 unspecified atom stereocenters. The van der Waals surface area contributed by atoms with Gasteiger partial charge in [-0.1, -0.05) is 0 Å². The largest absolute Gasteiger partial charge is 0.377 e. The van der Waals surface area contributed by atoms with E-state index in [1.54, 1.807) is 12.4 Å². The van der Waals surface area contributed by atoms with Crippen LogP contribution in [0.15, 0.2) is 35.4 Å². The summed E-state index contributed by atoms with van der Waals surface area (Å²) >= 11 is 0. The maximum absolute atomic E-state index is 12.2. The van der Waals surface area contributed by atoms with Gasteiger partial charge in [-0.15, -0.1) is 0 Å². The lowest BCUT2D eigenvalue weighted by Crippen LogP contribution is -2.45. The van der Waals surface area contributed by atoms with Crippen LogP contribution in [0.2, 0.25) is 0 Å². The number of hydrogen-bond acceptors (Lipinski definition) is 5. The highest BCUT2D eigenvalue weighted by molar-refractivity contribution is 5.69. The molecule has 3 rings (SSSR count). The topological polar surface area (TPSA) is 70.2 Å². The van der Waals surface area contributed by atoms with E-state index >= 15 is 0 Å². The SMILES string of the molecule is CNc1cc(-c2c[nH]c(=O)c(N3CCOCC3C)c2)ccn1. The van der Waals surface area contributed by atoms with Crippen LogP contribution in [0.3, 0.4) is 0 Å². The van der Waals surface area contributed by atoms with Crippen LogP contribution in [0, 0.1) is 0 Å². The van der Waals surface area contributed by atoms with Gasteiger partial charge in [0.2, 0.25) is 0 Å². The van der Waals surface area contributed by atoms with Gasteiger partial charge in [0.15, 0.2) is 0 Å². The molecule has 6 heteroatoms. The Hall–Kier alpha value is -2.34. The van der Waals surface area contributed by atoms with Crippen LogP contribution < -0.4 is 15.8 Å². The van der Waals surface area contributed by atoms with Crippen molar-refractivity contribution in [2.24, 2.45) is 0 Å². The van der Waals surface area contributed by atoms with Gasteiger partial charge in [-0.3, -0.25) is 4.79 Å². The maximum Gasteiger partial charge on any atom is 0.271 e. The minimum absolute atomic E-state index is 0.0691. The summed E-state index contributed by atoms with van der Waals surface area (Å²) in [4.78, 5) is 21.4. The molecule has 0 bridgehead atoms. The number of hydrogen-bond donors (Lipinski definition) is 2. The van der Waals surface area contributed by atoms with Crippen LogP contribution in [-0.4, -0.2) is 42.8 Å². The molecule has 1 fully saturated rings. The first-order chi connectivity index (χ1) is 10.7. The molecular formula is C16H20N4O2. The smallest absolute Gasteiger partial charge is 0.271 e. The standard InChI is InChI=1S/C16H20N4O2/c1-11-10-22-6-5-20(11)14-7-13(9-19-16(14)21)12-3-4-18-15(8-12)17-2/h3-4,7-9,11H,5-6,10H2,1-2H3,(H,17,18)(H,19,21). The van der Waals surface area contributed by atoms with Crippen LogP contribution in [-0.2, 0) is 4.74 Å². The highest BCUT2D eigenvalue weighted by atomic mass is 16.5. The quantitative estimate of drug-likeness (QED) is 0.903. The molecule has 2 aromatic rings. The molecule has 2 N–H and O–H groups in total. The molecule has 0 aliphatic carbocycles. The van der Waals surface area contributed by atoms with E-state index < -0.39 is 0 Å². The van der Waals surface area contributed by atoms with Crippen molar-refractivity contribution in [1.82, 2.24) is 9.97 Å². The zero-order chi connectivity index (χ0) is 15.5. The number of ether oxygens (including phenoxy) is 1. The lowest BCUT2D eigenvalue weighted by atomic mass is 10.1. The molecule has 1 aliphatic heterocycles. The Morgan fingerprint density at radius 2 is 2.27 bits per heavy atom. The lowest BCUT2D eigenvalue weighted by molar-refractivity contribution is 0.0988. The van der Waals surface area contributed by atoms with Gasteiger partial charge in [0.1, 0.15) is 11.5 Å². The number of rotatable bonds is 3. The van der Waals surface area contributed by atoms with E-state index in [2.05, 4.69) is 27.1 Å². The predicted octanol–water partition coefficient (Wildman–Crippen LogP) is 1.70. The van der Waals surface area contributed by atoms with Crippen molar-refractivity contribution in [3.8, 4) is 11.1 Å². The van der Waals surface area contributed by atoms with Crippen molar-refractivity contribution in [3.63, 3.8) is 0 Å². The average molecular weight is 300 g/mol. The number of morpholine rings is 1. The number of H-pyrrole nitrogens is 1. The average Bonchev–Trinajstić information content (AvgIpc) is 2.56. The van der Waals surface area contributed by atoms with Gasteiger partial charge in [0.25, 0.3) is 5.56 Å². The summed E-state index contributed by atoms with van der Waals surface area (Å²) < 4.78 is 5.45. The van der Waals surface area contributed by atoms with Crippen LogP contribution in [0.4, 0.5) is 11.5 Å². The number of nitrogens with one attached hydrogen (secondary N) is 2. The Balaban J connectivity index is 2.00. The third-order valence-corrected chi connectivity index (χ3v) is 3.91. The molecule has 0 spiro atoms. The van der Waals surface area contributed by atoms with Gasteiger partial charge in [-0.05, 0) is 30.7 Å². The second kappa shape index (κ2) is 6.19. The molecule has 0 saturated carbocycles. The number of aromatic amines is 1. The Labute approximate surface area is 129 Å². The fraction of sp³-hybridized carbons (Fsp3) is 0.375. The molecule has 1 saturated heterocycles. The maximum atomic E-state index is 12.2. The van der Waals surface area contributed by atoms with Gasteiger partial charge in [0.05, 0.1) is 13.2 Å². The van der Waals surface area contributed by atoms with Gasteiger partial charge in [-0.25, -0.2) is 4.98 Å². The third-order valence-electron chi connectivity index (χ3n) is 3.91. The van der Waals surface area contributed by atoms with E-state index in [4.69, 9.17) is 4.74 Å². The van der Waals surface area contributed by atoms with Gasteiger partial charge < -0.3 is 19.9 Å². The molecule has 0 aromatic carbocycles. The van der Waals surface area contributed by atoms with Gasteiger partial charge in [-0.2, -0.15) is 0 Å². The van der Waals surface area contributed by atoms with E-state index in [0.29, 0.717) is 18.9 Å². The van der Waals surface area contributed by atoms with Gasteiger partial charge in [0, 0.05) is 37.6 Å². The summed E-state index contributed by atoms with van der Waals surface area (Å²) in [7, 11) is 1.83. The minimum Gasteiger partial charge on any atom is -0.377 e. The summed E-state index contributed by atoms with van der Waals surface area (Å²) in [6.07, 6.45) is 3.50. The number of aromatic nitrogens is 2. The van der Waals surface area contributed by atoms with E-state index in [9.17, 15) is 4.79 Å². The van der Waals surface area contributed by atoms with E-state index in [0.717, 1.165) is 23.5 Å². The summed E-state index contributed by atoms with van der Waals surface area (Å²) in [5.41, 5.74) is 2.60. The number of anilines is 2. The Kier molecular flexibility index (Phi) is 4.11. The Bertz CT molecular complexity index is 713. The summed E-state index contributed by atoms with van der Waals surface area (Å²) in [5, 5.41) is 3.02. The fourth-order valence-electron chi connectivity index (χ4n) is 2.68. The Morgan fingerprint density at radius 3 is 3.05 bits per heavy atom. The molecule has 6 nitrogen and oxygen atoms in total. The highest BCUT2D eigenvalue weighted by Gasteiger charge is 2.21. The molecule has 0 amide bonds. The van der Waals surface area contributed by atoms with Crippen LogP contribution in [0.25, 0.3) is 11.1 Å². The second-order valence-corrected chi connectivity index (χ2v) is 5.40. The molecule has 22 heavy (non-hydrogen) atoms. The second-order valence-electron chi connectivity index (χ2n) is 5.40. The lowest BCUT2D eigenvalue weighted by Gasteiger charge is -2.34. The fourth-order valence-corrected chi connectivity index (χ4v) is 2.68. The number of nitrogens with zero attached hydrogens (tertiary/aromatic N) is 2. The van der Waals surface area contributed by atoms with Crippen molar-refractivity contribution in [2.75, 3.05) is 37.0 Å².